The molecule has 0 bridgehead atoms. The fourth-order valence-corrected chi connectivity index (χ4v) is 4.61. The molecule has 0 radical (unpaired) electrons. The summed E-state index contributed by atoms with van der Waals surface area (Å²) in [6, 6.07) is 5.98. The minimum atomic E-state index is -3.65. The van der Waals surface area contributed by atoms with Crippen molar-refractivity contribution in [2.75, 3.05) is 19.6 Å². The van der Waals surface area contributed by atoms with Crippen LogP contribution >= 0.6 is 0 Å². The van der Waals surface area contributed by atoms with Gasteiger partial charge in [-0.15, -0.1) is 0 Å². The summed E-state index contributed by atoms with van der Waals surface area (Å²) < 4.78 is 32.6. The van der Waals surface area contributed by atoms with Crippen molar-refractivity contribution in [1.82, 2.24) is 14.9 Å². The summed E-state index contributed by atoms with van der Waals surface area (Å²) in [5.41, 5.74) is 0.303. The normalized spacial score (nSPS) is 23.6. The Bertz CT molecular complexity index is 795. The van der Waals surface area contributed by atoms with E-state index in [9.17, 15) is 18.0 Å². The van der Waals surface area contributed by atoms with Gasteiger partial charge in [0, 0.05) is 24.7 Å². The van der Waals surface area contributed by atoms with Crippen LogP contribution in [0.4, 0.5) is 0 Å². The highest BCUT2D eigenvalue weighted by Gasteiger charge is 2.32. The zero-order valence-corrected chi connectivity index (χ0v) is 16.3. The van der Waals surface area contributed by atoms with E-state index in [2.05, 4.69) is 10.6 Å². The number of hydrogen-bond donors (Lipinski definition) is 2. The zero-order chi connectivity index (χ0) is 19.6. The van der Waals surface area contributed by atoms with Gasteiger partial charge in [0.2, 0.25) is 15.9 Å². The molecule has 1 aromatic rings. The molecule has 0 spiro atoms. The van der Waals surface area contributed by atoms with Crippen molar-refractivity contribution in [3.8, 4) is 0 Å². The number of morpholine rings is 1. The van der Waals surface area contributed by atoms with E-state index in [0.29, 0.717) is 18.7 Å². The Kier molecular flexibility index (Phi) is 5.83. The van der Waals surface area contributed by atoms with E-state index < -0.39 is 15.9 Å². The molecule has 8 nitrogen and oxygen atoms in total. The zero-order valence-electron chi connectivity index (χ0n) is 15.5. The predicted molar refractivity (Wildman–Crippen MR) is 98.7 cm³/mol. The second-order valence-corrected chi connectivity index (χ2v) is 9.07. The van der Waals surface area contributed by atoms with E-state index in [4.69, 9.17) is 4.74 Å². The van der Waals surface area contributed by atoms with Gasteiger partial charge in [0.25, 0.3) is 5.91 Å². The van der Waals surface area contributed by atoms with Gasteiger partial charge >= 0.3 is 0 Å². The summed E-state index contributed by atoms with van der Waals surface area (Å²) in [7, 11) is -3.65. The number of carbonyl (C=O) groups is 2. The highest BCUT2D eigenvalue weighted by atomic mass is 32.2. The van der Waals surface area contributed by atoms with Crippen molar-refractivity contribution in [2.45, 2.75) is 49.8 Å². The summed E-state index contributed by atoms with van der Waals surface area (Å²) in [6.45, 7) is 4.17. The second-order valence-electron chi connectivity index (χ2n) is 7.13. The number of sulfonamides is 1. The molecule has 3 rings (SSSR count). The Morgan fingerprint density at radius 3 is 2.26 bits per heavy atom. The second kappa shape index (κ2) is 7.95. The molecule has 1 aliphatic heterocycles. The van der Waals surface area contributed by atoms with Crippen LogP contribution in [0.3, 0.4) is 0 Å². The fraction of sp³-hybridized carbons (Fsp3) is 0.556. The van der Waals surface area contributed by atoms with E-state index in [1.54, 1.807) is 0 Å². The van der Waals surface area contributed by atoms with E-state index in [1.807, 2.05) is 13.8 Å². The summed E-state index contributed by atoms with van der Waals surface area (Å²) in [6.07, 6.45) is 1.62. The van der Waals surface area contributed by atoms with Gasteiger partial charge < -0.3 is 15.4 Å². The van der Waals surface area contributed by atoms with E-state index in [0.717, 1.165) is 12.8 Å². The Labute approximate surface area is 159 Å². The molecule has 2 fully saturated rings. The highest BCUT2D eigenvalue weighted by Crippen LogP contribution is 2.21. The first-order valence-electron chi connectivity index (χ1n) is 9.09. The molecule has 1 aliphatic carbocycles. The van der Waals surface area contributed by atoms with Gasteiger partial charge in [-0.05, 0) is 51.0 Å². The topological polar surface area (TPSA) is 105 Å². The highest BCUT2D eigenvalue weighted by molar-refractivity contribution is 7.89. The third kappa shape index (κ3) is 5.06. The lowest BCUT2D eigenvalue weighted by molar-refractivity contribution is -0.120. The molecule has 2 atom stereocenters. The van der Waals surface area contributed by atoms with Crippen LogP contribution in [0.15, 0.2) is 29.2 Å². The number of nitrogens with zero attached hydrogens (tertiary/aromatic N) is 1. The van der Waals surface area contributed by atoms with Crippen molar-refractivity contribution in [1.29, 1.82) is 0 Å². The van der Waals surface area contributed by atoms with Crippen LogP contribution in [0.1, 0.15) is 37.0 Å². The molecule has 9 heteroatoms. The lowest BCUT2D eigenvalue weighted by Gasteiger charge is -2.34. The average molecular weight is 395 g/mol. The first kappa shape index (κ1) is 19.8. The molecular weight excluding hydrogens is 370 g/mol. The van der Waals surface area contributed by atoms with E-state index in [-0.39, 0.29) is 35.6 Å². The maximum absolute atomic E-state index is 12.8. The number of ether oxygens (including phenoxy) is 1. The summed E-state index contributed by atoms with van der Waals surface area (Å²) in [5.74, 6) is -0.640. The number of amides is 2. The number of rotatable bonds is 6. The maximum atomic E-state index is 12.8. The summed E-state index contributed by atoms with van der Waals surface area (Å²) in [4.78, 5) is 23.9. The third-order valence-corrected chi connectivity index (χ3v) is 6.34. The van der Waals surface area contributed by atoms with Gasteiger partial charge in [0.15, 0.2) is 0 Å². The lowest BCUT2D eigenvalue weighted by atomic mass is 10.2. The van der Waals surface area contributed by atoms with Crippen LogP contribution in [-0.4, -0.2) is 62.4 Å². The van der Waals surface area contributed by atoms with E-state index >= 15 is 0 Å². The van der Waals surface area contributed by atoms with Crippen molar-refractivity contribution < 1.29 is 22.7 Å². The van der Waals surface area contributed by atoms with Crippen molar-refractivity contribution in [3.05, 3.63) is 29.8 Å². The molecule has 2 N–H and O–H groups in total. The Morgan fingerprint density at radius 1 is 1.11 bits per heavy atom. The number of nitrogens with one attached hydrogen (secondary N) is 2. The van der Waals surface area contributed by atoms with Crippen molar-refractivity contribution >= 4 is 21.8 Å². The number of hydrogen-bond acceptors (Lipinski definition) is 5. The monoisotopic (exact) mass is 395 g/mol. The number of carbonyl (C=O) groups excluding carboxylic acids is 2. The molecule has 27 heavy (non-hydrogen) atoms. The molecular formula is C18H25N3O5S. The maximum Gasteiger partial charge on any atom is 0.251 e. The van der Waals surface area contributed by atoms with Crippen LogP contribution < -0.4 is 10.6 Å². The summed E-state index contributed by atoms with van der Waals surface area (Å²) in [5, 5.41) is 5.32. The standard InChI is InChI=1S/C18H25N3O5S/c1-12-10-21(11-13(2)26-12)27(24,25)16-7-3-14(4-8-16)18(23)19-9-17(22)20-15-5-6-15/h3-4,7-8,12-13,15H,5-6,9-11H2,1-2H3,(H,19,23)(H,20,22)/t12-,13+. The van der Waals surface area contributed by atoms with Crippen LogP contribution in [0.2, 0.25) is 0 Å². The quantitative estimate of drug-likeness (QED) is 0.730. The van der Waals surface area contributed by atoms with Gasteiger partial charge in [0.1, 0.15) is 0 Å². The molecule has 148 valence electrons. The van der Waals surface area contributed by atoms with Crippen molar-refractivity contribution in [3.63, 3.8) is 0 Å². The Balaban J connectivity index is 1.61. The van der Waals surface area contributed by atoms with Crippen LogP contribution in [0.5, 0.6) is 0 Å². The third-order valence-electron chi connectivity index (χ3n) is 4.49. The van der Waals surface area contributed by atoms with Crippen molar-refractivity contribution in [2.24, 2.45) is 0 Å². The van der Waals surface area contributed by atoms with Gasteiger partial charge in [0.05, 0.1) is 23.6 Å². The molecule has 1 saturated heterocycles. The molecule has 2 aliphatic rings. The van der Waals surface area contributed by atoms with E-state index in [1.165, 1.54) is 28.6 Å². The first-order chi connectivity index (χ1) is 12.8. The molecule has 0 unspecified atom stereocenters. The van der Waals surface area contributed by atoms with Crippen LogP contribution in [0, 0.1) is 0 Å². The van der Waals surface area contributed by atoms with Gasteiger partial charge in [-0.3, -0.25) is 9.59 Å². The smallest absolute Gasteiger partial charge is 0.251 e. The van der Waals surface area contributed by atoms with Crippen LogP contribution in [0.25, 0.3) is 0 Å². The first-order valence-corrected chi connectivity index (χ1v) is 10.5. The SMILES string of the molecule is C[C@@H]1CN(S(=O)(=O)c2ccc(C(=O)NCC(=O)NC3CC3)cc2)C[C@H](C)O1. The minimum Gasteiger partial charge on any atom is -0.373 e. The predicted octanol–water partition coefficient (Wildman–Crippen LogP) is 0.493. The molecule has 1 saturated carbocycles. The van der Waals surface area contributed by atoms with Gasteiger partial charge in [-0.1, -0.05) is 0 Å². The Morgan fingerprint density at radius 2 is 1.70 bits per heavy atom. The van der Waals surface area contributed by atoms with Crippen LogP contribution in [-0.2, 0) is 19.6 Å². The minimum absolute atomic E-state index is 0.0983. The summed E-state index contributed by atoms with van der Waals surface area (Å²) >= 11 is 0. The molecule has 0 aromatic heterocycles. The average Bonchev–Trinajstić information content (AvgIpc) is 3.43. The lowest BCUT2D eigenvalue weighted by Crippen LogP contribution is -2.48. The molecule has 1 aromatic carbocycles. The number of benzene rings is 1. The molecule has 1 heterocycles. The van der Waals surface area contributed by atoms with Gasteiger partial charge in [-0.2, -0.15) is 4.31 Å². The molecule has 2 amide bonds. The van der Waals surface area contributed by atoms with Gasteiger partial charge in [-0.25, -0.2) is 8.42 Å². The Hall–Kier alpha value is -1.97. The largest absolute Gasteiger partial charge is 0.373 e. The fourth-order valence-electron chi connectivity index (χ4n) is 3.02.